The summed E-state index contributed by atoms with van der Waals surface area (Å²) in [5, 5.41) is 3.98. The van der Waals surface area contributed by atoms with E-state index in [0.717, 1.165) is 52.5 Å². The van der Waals surface area contributed by atoms with Gasteiger partial charge in [0.25, 0.3) is 5.56 Å². The van der Waals surface area contributed by atoms with E-state index in [4.69, 9.17) is 9.73 Å². The van der Waals surface area contributed by atoms with Crippen LogP contribution < -0.4 is 5.56 Å². The predicted octanol–water partition coefficient (Wildman–Crippen LogP) is 4.18. The number of hydrogen-bond donors (Lipinski definition) is 1. The summed E-state index contributed by atoms with van der Waals surface area (Å²) in [7, 11) is 0. The summed E-state index contributed by atoms with van der Waals surface area (Å²) in [6, 6.07) is 8.39. The van der Waals surface area contributed by atoms with Crippen LogP contribution in [0.15, 0.2) is 38.5 Å². The molecule has 2 aliphatic heterocycles. The molecular formula is C17H18BrN3O2S. The molecule has 1 aromatic carbocycles. The number of nitrogens with one attached hydrogen (secondary N) is 1. The molecule has 1 atom stereocenters. The molecule has 0 unspecified atom stereocenters. The number of hydrogen-bond acceptors (Lipinski definition) is 4. The average Bonchev–Trinajstić information content (AvgIpc) is 2.91. The summed E-state index contributed by atoms with van der Waals surface area (Å²) in [6.45, 7) is 3.46. The van der Waals surface area contributed by atoms with Crippen LogP contribution in [0.5, 0.6) is 0 Å². The number of rotatable bonds is 2. The van der Waals surface area contributed by atoms with Gasteiger partial charge in [0.1, 0.15) is 0 Å². The summed E-state index contributed by atoms with van der Waals surface area (Å²) in [5.74, 6) is 0.785. The van der Waals surface area contributed by atoms with Gasteiger partial charge in [-0.1, -0.05) is 39.8 Å². The van der Waals surface area contributed by atoms with E-state index in [9.17, 15) is 4.79 Å². The summed E-state index contributed by atoms with van der Waals surface area (Å²) in [6.07, 6.45) is 1.81. The SMILES string of the molecule is CC1=Nc2c(c(=O)[nH]n2C2CCOCC2)[C@@H](c2cccc(Br)c2)S1. The first-order chi connectivity index (χ1) is 11.6. The number of halogens is 1. The average molecular weight is 408 g/mol. The van der Waals surface area contributed by atoms with Crippen molar-refractivity contribution in [2.24, 2.45) is 4.99 Å². The van der Waals surface area contributed by atoms with Crippen molar-refractivity contribution in [2.75, 3.05) is 13.2 Å². The Labute approximate surface area is 152 Å². The van der Waals surface area contributed by atoms with E-state index in [-0.39, 0.29) is 16.9 Å². The van der Waals surface area contributed by atoms with Gasteiger partial charge in [-0.15, -0.1) is 0 Å². The minimum Gasteiger partial charge on any atom is -0.381 e. The maximum Gasteiger partial charge on any atom is 0.271 e. The zero-order valence-corrected chi connectivity index (χ0v) is 15.7. The summed E-state index contributed by atoms with van der Waals surface area (Å²) < 4.78 is 8.43. The normalized spacial score (nSPS) is 21.4. The van der Waals surface area contributed by atoms with Gasteiger partial charge in [0, 0.05) is 17.7 Å². The molecule has 0 saturated carbocycles. The van der Waals surface area contributed by atoms with Crippen molar-refractivity contribution in [1.82, 2.24) is 9.78 Å². The number of fused-ring (bicyclic) bond motifs is 1. The fourth-order valence-electron chi connectivity index (χ4n) is 3.32. The number of benzene rings is 1. The smallest absolute Gasteiger partial charge is 0.271 e. The maximum atomic E-state index is 12.7. The zero-order chi connectivity index (χ0) is 16.7. The van der Waals surface area contributed by atoms with Crippen LogP contribution in [0, 0.1) is 0 Å². The van der Waals surface area contributed by atoms with Gasteiger partial charge in [0.2, 0.25) is 0 Å². The molecule has 5 nitrogen and oxygen atoms in total. The van der Waals surface area contributed by atoms with Crippen LogP contribution in [0.1, 0.15) is 42.2 Å². The molecule has 0 aliphatic carbocycles. The van der Waals surface area contributed by atoms with Crippen LogP contribution in [0.3, 0.4) is 0 Å². The second-order valence-corrected chi connectivity index (χ2v) is 8.29. The van der Waals surface area contributed by atoms with Crippen LogP contribution in [-0.2, 0) is 4.74 Å². The highest BCUT2D eigenvalue weighted by Crippen LogP contribution is 2.45. The molecule has 7 heteroatoms. The van der Waals surface area contributed by atoms with Crippen molar-refractivity contribution in [3.63, 3.8) is 0 Å². The highest BCUT2D eigenvalue weighted by atomic mass is 79.9. The fourth-order valence-corrected chi connectivity index (χ4v) is 4.83. The second-order valence-electron chi connectivity index (χ2n) is 6.08. The first kappa shape index (κ1) is 16.2. The summed E-state index contributed by atoms with van der Waals surface area (Å²) >= 11 is 5.16. The van der Waals surface area contributed by atoms with Gasteiger partial charge in [0.05, 0.1) is 21.9 Å². The monoisotopic (exact) mass is 407 g/mol. The lowest BCUT2D eigenvalue weighted by Gasteiger charge is -2.26. The number of nitrogens with zero attached hydrogens (tertiary/aromatic N) is 2. The largest absolute Gasteiger partial charge is 0.381 e. The van der Waals surface area contributed by atoms with Crippen molar-refractivity contribution >= 4 is 38.6 Å². The van der Waals surface area contributed by atoms with E-state index in [2.05, 4.69) is 33.2 Å². The number of H-pyrrole nitrogens is 1. The molecule has 0 spiro atoms. The molecule has 3 heterocycles. The van der Waals surface area contributed by atoms with Crippen molar-refractivity contribution in [1.29, 1.82) is 0 Å². The van der Waals surface area contributed by atoms with E-state index in [1.165, 1.54) is 0 Å². The molecule has 4 rings (SSSR count). The molecule has 2 aromatic rings. The van der Waals surface area contributed by atoms with Crippen LogP contribution in [0.4, 0.5) is 5.82 Å². The highest BCUT2D eigenvalue weighted by molar-refractivity contribution is 9.10. The van der Waals surface area contributed by atoms with E-state index in [1.54, 1.807) is 11.8 Å². The maximum absolute atomic E-state index is 12.7. The fraction of sp³-hybridized carbons (Fsp3) is 0.412. The van der Waals surface area contributed by atoms with Gasteiger partial charge in [-0.05, 0) is 37.5 Å². The molecule has 1 fully saturated rings. The molecule has 0 radical (unpaired) electrons. The molecule has 1 N–H and O–H groups in total. The van der Waals surface area contributed by atoms with Crippen molar-refractivity contribution in [3.05, 3.63) is 50.2 Å². The number of ether oxygens (including phenoxy) is 1. The van der Waals surface area contributed by atoms with Gasteiger partial charge < -0.3 is 4.74 Å². The van der Waals surface area contributed by atoms with E-state index < -0.39 is 0 Å². The lowest BCUT2D eigenvalue weighted by molar-refractivity contribution is 0.0666. The molecule has 0 amide bonds. The molecule has 24 heavy (non-hydrogen) atoms. The van der Waals surface area contributed by atoms with Crippen LogP contribution in [-0.4, -0.2) is 28.0 Å². The molecule has 0 bridgehead atoms. The molecular weight excluding hydrogens is 390 g/mol. The minimum atomic E-state index is -0.0368. The minimum absolute atomic E-state index is 0.0279. The van der Waals surface area contributed by atoms with E-state index in [0.29, 0.717) is 0 Å². The van der Waals surface area contributed by atoms with Crippen LogP contribution in [0.2, 0.25) is 0 Å². The number of aliphatic imine (C=N–C) groups is 1. The standard InChI is InChI=1S/C17H18BrN3O2S/c1-10-19-16-14(15(24-10)11-3-2-4-12(18)9-11)17(22)20-21(16)13-5-7-23-8-6-13/h2-4,9,13,15H,5-8H2,1H3,(H,20,22)/t15-/m1/s1. The van der Waals surface area contributed by atoms with E-state index in [1.807, 2.05) is 23.7 Å². The van der Waals surface area contributed by atoms with E-state index >= 15 is 0 Å². The zero-order valence-electron chi connectivity index (χ0n) is 13.3. The lowest BCUT2D eigenvalue weighted by Crippen LogP contribution is -2.21. The third-order valence-corrected chi connectivity index (χ3v) is 6.13. The van der Waals surface area contributed by atoms with Gasteiger partial charge in [-0.25, -0.2) is 4.99 Å². The molecule has 126 valence electrons. The Morgan fingerprint density at radius 1 is 1.38 bits per heavy atom. The van der Waals surface area contributed by atoms with Gasteiger partial charge in [-0.2, -0.15) is 0 Å². The Morgan fingerprint density at radius 3 is 2.92 bits per heavy atom. The third kappa shape index (κ3) is 2.89. The Balaban J connectivity index is 1.82. The Morgan fingerprint density at radius 2 is 2.17 bits per heavy atom. The van der Waals surface area contributed by atoms with Crippen LogP contribution >= 0.6 is 27.7 Å². The van der Waals surface area contributed by atoms with Gasteiger partial charge in [0.15, 0.2) is 5.82 Å². The van der Waals surface area contributed by atoms with Crippen molar-refractivity contribution < 1.29 is 4.74 Å². The molecule has 2 aliphatic rings. The van der Waals surface area contributed by atoms with Crippen molar-refractivity contribution in [3.8, 4) is 0 Å². The quantitative estimate of drug-likeness (QED) is 0.811. The Hall–Kier alpha value is -1.31. The number of aromatic amines is 1. The van der Waals surface area contributed by atoms with Crippen molar-refractivity contribution in [2.45, 2.75) is 31.1 Å². The Kier molecular flexibility index (Phi) is 4.40. The van der Waals surface area contributed by atoms with Gasteiger partial charge in [-0.3, -0.25) is 14.6 Å². The topological polar surface area (TPSA) is 59.4 Å². The highest BCUT2D eigenvalue weighted by Gasteiger charge is 2.32. The number of thioether (sulfide) groups is 1. The second kappa shape index (κ2) is 6.54. The summed E-state index contributed by atoms with van der Waals surface area (Å²) in [4.78, 5) is 17.4. The lowest BCUT2D eigenvalue weighted by atomic mass is 10.1. The predicted molar refractivity (Wildman–Crippen MR) is 100 cm³/mol. The first-order valence-electron chi connectivity index (χ1n) is 8.03. The van der Waals surface area contributed by atoms with Crippen LogP contribution in [0.25, 0.3) is 0 Å². The number of aromatic nitrogens is 2. The third-order valence-electron chi connectivity index (χ3n) is 4.46. The van der Waals surface area contributed by atoms with Gasteiger partial charge >= 0.3 is 0 Å². The molecule has 1 saturated heterocycles. The summed E-state index contributed by atoms with van der Waals surface area (Å²) in [5.41, 5.74) is 1.83. The first-order valence-corrected chi connectivity index (χ1v) is 9.70. The Bertz CT molecular complexity index is 852. The molecule has 1 aromatic heterocycles.